The Balaban J connectivity index is 2.18. The maximum absolute atomic E-state index is 12.0. The van der Waals surface area contributed by atoms with E-state index in [1.165, 1.54) is 0 Å². The highest BCUT2D eigenvalue weighted by Gasteiger charge is 2.29. The molecule has 1 aliphatic rings. The second-order valence-electron chi connectivity index (χ2n) is 3.92. The fourth-order valence-corrected chi connectivity index (χ4v) is 2.11. The molecule has 80 valence electrons. The minimum Gasteiger partial charge on any atom is -0.378 e. The summed E-state index contributed by atoms with van der Waals surface area (Å²) >= 11 is 5.97. The smallest absolute Gasteiger partial charge is 0.169 e. The van der Waals surface area contributed by atoms with Gasteiger partial charge in [0.2, 0.25) is 0 Å². The van der Waals surface area contributed by atoms with Gasteiger partial charge in [-0.15, -0.1) is 0 Å². The molecule has 2 atom stereocenters. The van der Waals surface area contributed by atoms with Gasteiger partial charge >= 0.3 is 0 Å². The first-order valence-corrected chi connectivity index (χ1v) is 5.46. The first-order valence-electron chi connectivity index (χ1n) is 5.09. The van der Waals surface area contributed by atoms with Crippen LogP contribution < -0.4 is 0 Å². The quantitative estimate of drug-likeness (QED) is 0.722. The Morgan fingerprint density at radius 1 is 1.47 bits per heavy atom. The lowest BCUT2D eigenvalue weighted by molar-refractivity contribution is 0.0878. The Hall–Kier alpha value is -0.860. The van der Waals surface area contributed by atoms with Crippen molar-refractivity contribution in [2.45, 2.75) is 19.4 Å². The Bertz CT molecular complexity index is 376. The van der Waals surface area contributed by atoms with Gasteiger partial charge in [0.1, 0.15) is 0 Å². The van der Waals surface area contributed by atoms with Crippen LogP contribution in [0.3, 0.4) is 0 Å². The molecule has 0 saturated carbocycles. The molecule has 0 bridgehead atoms. The molecular weight excluding hydrogens is 212 g/mol. The van der Waals surface area contributed by atoms with Gasteiger partial charge in [0.05, 0.1) is 17.7 Å². The molecule has 2 unspecified atom stereocenters. The second kappa shape index (κ2) is 4.33. The van der Waals surface area contributed by atoms with E-state index in [1.54, 1.807) is 12.1 Å². The van der Waals surface area contributed by atoms with E-state index in [2.05, 4.69) is 0 Å². The maximum atomic E-state index is 12.0. The zero-order chi connectivity index (χ0) is 10.8. The number of Topliss-reactive ketones (excluding diaryl/α,β-unsaturated/α-hetero) is 1. The third kappa shape index (κ3) is 2.21. The Labute approximate surface area is 94.2 Å². The van der Waals surface area contributed by atoms with Gasteiger partial charge in [-0.3, -0.25) is 4.79 Å². The molecule has 0 radical (unpaired) electrons. The average Bonchev–Trinajstić information content (AvgIpc) is 2.65. The van der Waals surface area contributed by atoms with Crippen LogP contribution in [0.4, 0.5) is 0 Å². The molecule has 3 heteroatoms. The summed E-state index contributed by atoms with van der Waals surface area (Å²) in [5.74, 6) is 0.0739. The summed E-state index contributed by atoms with van der Waals surface area (Å²) in [6.07, 6.45) is 0.978. The van der Waals surface area contributed by atoms with Crippen molar-refractivity contribution in [1.82, 2.24) is 0 Å². The van der Waals surface area contributed by atoms with Crippen LogP contribution in [0.25, 0.3) is 0 Å². The molecule has 0 spiro atoms. The number of hydrogen-bond acceptors (Lipinski definition) is 2. The standard InChI is InChI=1S/C12H13ClO2/c1-8-6-9(7-15-8)12(14)10-4-2-3-5-11(10)13/h2-5,8-9H,6-7H2,1H3. The van der Waals surface area contributed by atoms with Crippen LogP contribution >= 0.6 is 11.6 Å². The number of hydrogen-bond donors (Lipinski definition) is 0. The topological polar surface area (TPSA) is 26.3 Å². The van der Waals surface area contributed by atoms with E-state index in [1.807, 2.05) is 19.1 Å². The van der Waals surface area contributed by atoms with E-state index >= 15 is 0 Å². The highest BCUT2D eigenvalue weighted by molar-refractivity contribution is 6.34. The summed E-state index contributed by atoms with van der Waals surface area (Å²) in [5.41, 5.74) is 0.613. The van der Waals surface area contributed by atoms with Crippen molar-refractivity contribution in [2.24, 2.45) is 5.92 Å². The number of halogens is 1. The molecule has 0 aliphatic carbocycles. The molecule has 1 aromatic rings. The molecular formula is C12H13ClO2. The van der Waals surface area contributed by atoms with Crippen LogP contribution in [-0.2, 0) is 4.74 Å². The summed E-state index contributed by atoms with van der Waals surface area (Å²) in [6, 6.07) is 7.17. The van der Waals surface area contributed by atoms with Crippen molar-refractivity contribution >= 4 is 17.4 Å². The van der Waals surface area contributed by atoms with Crippen LogP contribution in [0.5, 0.6) is 0 Å². The minimum atomic E-state index is -0.0279. The number of ether oxygens (including phenoxy) is 1. The molecule has 1 aliphatic heterocycles. The average molecular weight is 225 g/mol. The molecule has 0 N–H and O–H groups in total. The summed E-state index contributed by atoms with van der Waals surface area (Å²) < 4.78 is 5.38. The predicted molar refractivity (Wildman–Crippen MR) is 59.3 cm³/mol. The molecule has 1 heterocycles. The molecule has 0 aromatic heterocycles. The first kappa shape index (κ1) is 10.7. The summed E-state index contributed by atoms with van der Waals surface area (Å²) in [4.78, 5) is 12.0. The van der Waals surface area contributed by atoms with Crippen molar-refractivity contribution in [1.29, 1.82) is 0 Å². The zero-order valence-electron chi connectivity index (χ0n) is 8.57. The molecule has 1 aromatic carbocycles. The van der Waals surface area contributed by atoms with Gasteiger partial charge < -0.3 is 4.74 Å². The van der Waals surface area contributed by atoms with Crippen LogP contribution in [-0.4, -0.2) is 18.5 Å². The fourth-order valence-electron chi connectivity index (χ4n) is 1.88. The van der Waals surface area contributed by atoms with Crippen LogP contribution in [0, 0.1) is 5.92 Å². The van der Waals surface area contributed by atoms with Crippen molar-refractivity contribution in [3.8, 4) is 0 Å². The highest BCUT2D eigenvalue weighted by atomic mass is 35.5. The lowest BCUT2D eigenvalue weighted by atomic mass is 9.95. The number of carbonyl (C=O) groups excluding carboxylic acids is 1. The largest absolute Gasteiger partial charge is 0.378 e. The number of benzene rings is 1. The molecule has 1 fully saturated rings. The Morgan fingerprint density at radius 2 is 2.20 bits per heavy atom. The predicted octanol–water partition coefficient (Wildman–Crippen LogP) is 2.95. The van der Waals surface area contributed by atoms with Crippen LogP contribution in [0.1, 0.15) is 23.7 Å². The van der Waals surface area contributed by atoms with Crippen molar-refractivity contribution in [3.05, 3.63) is 34.9 Å². The maximum Gasteiger partial charge on any atom is 0.169 e. The number of ketones is 1. The Kier molecular flexibility index (Phi) is 3.08. The van der Waals surface area contributed by atoms with E-state index in [4.69, 9.17) is 16.3 Å². The third-order valence-electron chi connectivity index (χ3n) is 2.71. The Morgan fingerprint density at radius 3 is 2.80 bits per heavy atom. The molecule has 1 saturated heterocycles. The van der Waals surface area contributed by atoms with Gasteiger partial charge in [0.25, 0.3) is 0 Å². The van der Waals surface area contributed by atoms with E-state index in [9.17, 15) is 4.79 Å². The lowest BCUT2D eigenvalue weighted by Gasteiger charge is -2.07. The highest BCUT2D eigenvalue weighted by Crippen LogP contribution is 2.26. The molecule has 15 heavy (non-hydrogen) atoms. The summed E-state index contributed by atoms with van der Waals surface area (Å²) in [5, 5.41) is 0.530. The number of carbonyl (C=O) groups is 1. The lowest BCUT2D eigenvalue weighted by Crippen LogP contribution is -2.15. The molecule has 2 rings (SSSR count). The number of rotatable bonds is 2. The van der Waals surface area contributed by atoms with Gasteiger partial charge in [0, 0.05) is 11.5 Å². The minimum absolute atomic E-state index is 0.0279. The summed E-state index contributed by atoms with van der Waals surface area (Å²) in [7, 11) is 0. The fraction of sp³-hybridized carbons (Fsp3) is 0.417. The van der Waals surface area contributed by atoms with Gasteiger partial charge in [-0.2, -0.15) is 0 Å². The third-order valence-corrected chi connectivity index (χ3v) is 3.04. The van der Waals surface area contributed by atoms with Crippen LogP contribution in [0.2, 0.25) is 5.02 Å². The second-order valence-corrected chi connectivity index (χ2v) is 4.33. The zero-order valence-corrected chi connectivity index (χ0v) is 9.33. The molecule has 2 nitrogen and oxygen atoms in total. The normalized spacial score (nSPS) is 25.5. The van der Waals surface area contributed by atoms with E-state index < -0.39 is 0 Å². The monoisotopic (exact) mass is 224 g/mol. The van der Waals surface area contributed by atoms with Crippen molar-refractivity contribution in [2.75, 3.05) is 6.61 Å². The van der Waals surface area contributed by atoms with E-state index in [-0.39, 0.29) is 17.8 Å². The summed E-state index contributed by atoms with van der Waals surface area (Å²) in [6.45, 7) is 2.51. The van der Waals surface area contributed by atoms with Crippen LogP contribution in [0.15, 0.2) is 24.3 Å². The van der Waals surface area contributed by atoms with Gasteiger partial charge in [-0.25, -0.2) is 0 Å². The molecule has 0 amide bonds. The van der Waals surface area contributed by atoms with Crippen molar-refractivity contribution in [3.63, 3.8) is 0 Å². The van der Waals surface area contributed by atoms with Crippen molar-refractivity contribution < 1.29 is 9.53 Å². The van der Waals surface area contributed by atoms with Gasteiger partial charge in [-0.1, -0.05) is 23.7 Å². The van der Waals surface area contributed by atoms with E-state index in [0.29, 0.717) is 17.2 Å². The van der Waals surface area contributed by atoms with Gasteiger partial charge in [-0.05, 0) is 25.5 Å². The SMILES string of the molecule is CC1CC(C(=O)c2ccccc2Cl)CO1. The van der Waals surface area contributed by atoms with Gasteiger partial charge in [0.15, 0.2) is 5.78 Å². The van der Waals surface area contributed by atoms with E-state index in [0.717, 1.165) is 6.42 Å². The first-order chi connectivity index (χ1) is 7.18.